The van der Waals surface area contributed by atoms with Gasteiger partial charge in [0.15, 0.2) is 0 Å². The number of unbranched alkanes of at least 4 members (excludes halogenated alkanes) is 6. The Balaban J connectivity index is 3.41. The number of aliphatic hydroxyl groups excluding tert-OH is 1. The molecule has 122 valence electrons. The van der Waals surface area contributed by atoms with E-state index in [0.29, 0.717) is 0 Å². The predicted molar refractivity (Wildman–Crippen MR) is 88.4 cm³/mol. The minimum Gasteiger partial charge on any atom is -0.481 e. The van der Waals surface area contributed by atoms with Crippen LogP contribution >= 0.6 is 0 Å². The third-order valence-electron chi connectivity index (χ3n) is 3.41. The van der Waals surface area contributed by atoms with Gasteiger partial charge >= 0.3 is 5.97 Å². The molecular formula is C18H32O3. The van der Waals surface area contributed by atoms with Gasteiger partial charge in [-0.05, 0) is 32.1 Å². The molecule has 0 radical (unpaired) electrons. The summed E-state index contributed by atoms with van der Waals surface area (Å²) in [5.41, 5.74) is 0. The molecule has 0 heterocycles. The van der Waals surface area contributed by atoms with E-state index in [-0.39, 0.29) is 12.5 Å². The molecule has 0 saturated heterocycles. The third kappa shape index (κ3) is 16.9. The largest absolute Gasteiger partial charge is 0.481 e. The zero-order valence-corrected chi connectivity index (χ0v) is 13.5. The number of carboxylic acid groups (broad SMARTS) is 1. The Bertz CT molecular complexity index is 295. The average molecular weight is 296 g/mol. The lowest BCUT2D eigenvalue weighted by atomic mass is 10.1. The quantitative estimate of drug-likeness (QED) is 0.355. The van der Waals surface area contributed by atoms with Crippen LogP contribution in [0.1, 0.15) is 77.6 Å². The summed E-state index contributed by atoms with van der Waals surface area (Å²) in [5, 5.41) is 18.3. The molecule has 0 aromatic carbocycles. The Morgan fingerprint density at radius 3 is 2.48 bits per heavy atom. The van der Waals surface area contributed by atoms with Gasteiger partial charge in [-0.15, -0.1) is 0 Å². The van der Waals surface area contributed by atoms with Crippen molar-refractivity contribution in [3.05, 3.63) is 24.3 Å². The van der Waals surface area contributed by atoms with Crippen LogP contribution in [0, 0.1) is 0 Å². The summed E-state index contributed by atoms with van der Waals surface area (Å²) in [6.45, 7) is 2.21. The standard InChI is InChI=1S/C18H32O3/c1-2-3-4-5-6-7-8-11-14-17(19)15-12-9-10-13-16-18(20)21/h6-7,11,14,17,19H,2-5,8-10,12-13,15-16H2,1H3,(H,20,21)/b7-6-,14-11-/t17-/m0/s1. The molecule has 0 aromatic heterocycles. The van der Waals surface area contributed by atoms with Gasteiger partial charge in [0.05, 0.1) is 6.10 Å². The van der Waals surface area contributed by atoms with Crippen LogP contribution in [0.15, 0.2) is 24.3 Å². The molecule has 0 amide bonds. The van der Waals surface area contributed by atoms with Crippen molar-refractivity contribution in [3.63, 3.8) is 0 Å². The Morgan fingerprint density at radius 1 is 1.00 bits per heavy atom. The van der Waals surface area contributed by atoms with Gasteiger partial charge in [-0.2, -0.15) is 0 Å². The van der Waals surface area contributed by atoms with Crippen molar-refractivity contribution in [1.82, 2.24) is 0 Å². The topological polar surface area (TPSA) is 57.5 Å². The van der Waals surface area contributed by atoms with Crippen molar-refractivity contribution in [1.29, 1.82) is 0 Å². The molecule has 0 spiro atoms. The lowest BCUT2D eigenvalue weighted by Gasteiger charge is -2.04. The van der Waals surface area contributed by atoms with E-state index in [0.717, 1.165) is 44.9 Å². The molecule has 0 aliphatic carbocycles. The molecular weight excluding hydrogens is 264 g/mol. The van der Waals surface area contributed by atoms with Crippen LogP contribution in [-0.4, -0.2) is 22.3 Å². The van der Waals surface area contributed by atoms with Crippen LogP contribution in [0.3, 0.4) is 0 Å². The zero-order valence-electron chi connectivity index (χ0n) is 13.5. The number of rotatable bonds is 14. The average Bonchev–Trinajstić information content (AvgIpc) is 2.45. The molecule has 0 bridgehead atoms. The van der Waals surface area contributed by atoms with E-state index >= 15 is 0 Å². The summed E-state index contributed by atoms with van der Waals surface area (Å²) in [4.78, 5) is 10.3. The number of hydrogen-bond acceptors (Lipinski definition) is 2. The normalized spacial score (nSPS) is 13.2. The van der Waals surface area contributed by atoms with E-state index < -0.39 is 5.97 Å². The molecule has 0 aliphatic heterocycles. The van der Waals surface area contributed by atoms with Crippen LogP contribution < -0.4 is 0 Å². The maximum absolute atomic E-state index is 10.3. The number of carboxylic acids is 1. The smallest absolute Gasteiger partial charge is 0.303 e. The fraction of sp³-hybridized carbons (Fsp3) is 0.722. The Labute approximate surface area is 129 Å². The SMILES string of the molecule is CCCCC/C=C\C/C=C\[C@H](O)CCCCCCC(=O)O. The van der Waals surface area contributed by atoms with Gasteiger partial charge in [0.25, 0.3) is 0 Å². The highest BCUT2D eigenvalue weighted by Crippen LogP contribution is 2.08. The van der Waals surface area contributed by atoms with Gasteiger partial charge in [0.2, 0.25) is 0 Å². The van der Waals surface area contributed by atoms with Gasteiger partial charge < -0.3 is 10.2 Å². The van der Waals surface area contributed by atoms with Crippen molar-refractivity contribution in [2.24, 2.45) is 0 Å². The molecule has 0 rings (SSSR count). The Morgan fingerprint density at radius 2 is 1.76 bits per heavy atom. The highest BCUT2D eigenvalue weighted by molar-refractivity contribution is 5.66. The van der Waals surface area contributed by atoms with Crippen molar-refractivity contribution in [2.75, 3.05) is 0 Å². The van der Waals surface area contributed by atoms with Crippen molar-refractivity contribution >= 4 is 5.97 Å². The van der Waals surface area contributed by atoms with E-state index in [1.165, 1.54) is 19.3 Å². The highest BCUT2D eigenvalue weighted by Gasteiger charge is 2.00. The van der Waals surface area contributed by atoms with Crippen LogP contribution in [0.4, 0.5) is 0 Å². The molecule has 3 heteroatoms. The number of aliphatic carboxylic acids is 1. The second-order valence-corrected chi connectivity index (χ2v) is 5.55. The Hall–Kier alpha value is -1.09. The first-order valence-corrected chi connectivity index (χ1v) is 8.38. The number of carbonyl (C=O) groups is 1. The number of aliphatic hydroxyl groups is 1. The minimum absolute atomic E-state index is 0.257. The molecule has 0 aromatic rings. The van der Waals surface area contributed by atoms with Crippen LogP contribution in [0.5, 0.6) is 0 Å². The lowest BCUT2D eigenvalue weighted by Crippen LogP contribution is -2.01. The van der Waals surface area contributed by atoms with Gasteiger partial charge in [-0.3, -0.25) is 4.79 Å². The maximum atomic E-state index is 10.3. The van der Waals surface area contributed by atoms with Gasteiger partial charge in [0, 0.05) is 6.42 Å². The molecule has 0 saturated carbocycles. The fourth-order valence-corrected chi connectivity index (χ4v) is 2.12. The number of allylic oxidation sites excluding steroid dienone is 3. The first-order valence-electron chi connectivity index (χ1n) is 8.38. The van der Waals surface area contributed by atoms with Crippen molar-refractivity contribution in [2.45, 2.75) is 83.7 Å². The summed E-state index contributed by atoms with van der Waals surface area (Å²) < 4.78 is 0. The fourth-order valence-electron chi connectivity index (χ4n) is 2.12. The maximum Gasteiger partial charge on any atom is 0.303 e. The first kappa shape index (κ1) is 19.9. The van der Waals surface area contributed by atoms with E-state index in [4.69, 9.17) is 5.11 Å². The van der Waals surface area contributed by atoms with E-state index in [1.807, 2.05) is 12.2 Å². The monoisotopic (exact) mass is 296 g/mol. The first-order chi connectivity index (χ1) is 10.2. The van der Waals surface area contributed by atoms with Crippen LogP contribution in [0.2, 0.25) is 0 Å². The van der Waals surface area contributed by atoms with E-state index in [1.54, 1.807) is 0 Å². The molecule has 3 nitrogen and oxygen atoms in total. The van der Waals surface area contributed by atoms with Crippen molar-refractivity contribution in [3.8, 4) is 0 Å². The summed E-state index contributed by atoms with van der Waals surface area (Å²) >= 11 is 0. The minimum atomic E-state index is -0.722. The third-order valence-corrected chi connectivity index (χ3v) is 3.41. The second-order valence-electron chi connectivity index (χ2n) is 5.55. The molecule has 0 unspecified atom stereocenters. The number of hydrogen-bond donors (Lipinski definition) is 2. The summed E-state index contributed by atoms with van der Waals surface area (Å²) in [5.74, 6) is -0.722. The van der Waals surface area contributed by atoms with Gasteiger partial charge in [-0.25, -0.2) is 0 Å². The zero-order chi connectivity index (χ0) is 15.8. The second kappa shape index (κ2) is 15.3. The van der Waals surface area contributed by atoms with Gasteiger partial charge in [-0.1, -0.05) is 63.3 Å². The molecule has 1 atom stereocenters. The molecule has 2 N–H and O–H groups in total. The lowest BCUT2D eigenvalue weighted by molar-refractivity contribution is -0.137. The van der Waals surface area contributed by atoms with Crippen molar-refractivity contribution < 1.29 is 15.0 Å². The van der Waals surface area contributed by atoms with Crippen LogP contribution in [-0.2, 0) is 4.79 Å². The molecule has 21 heavy (non-hydrogen) atoms. The summed E-state index contributed by atoms with van der Waals surface area (Å²) in [6, 6.07) is 0. The Kier molecular flexibility index (Phi) is 14.5. The van der Waals surface area contributed by atoms with E-state index in [9.17, 15) is 9.90 Å². The van der Waals surface area contributed by atoms with Crippen LogP contribution in [0.25, 0.3) is 0 Å². The summed E-state index contributed by atoms with van der Waals surface area (Å²) in [6.07, 6.45) is 18.4. The molecule has 0 fully saturated rings. The van der Waals surface area contributed by atoms with E-state index in [2.05, 4.69) is 19.1 Å². The highest BCUT2D eigenvalue weighted by atomic mass is 16.4. The predicted octanol–water partition coefficient (Wildman–Crippen LogP) is 4.86. The van der Waals surface area contributed by atoms with Gasteiger partial charge in [0.1, 0.15) is 0 Å². The molecule has 0 aliphatic rings. The summed E-state index contributed by atoms with van der Waals surface area (Å²) in [7, 11) is 0.